The third kappa shape index (κ3) is 3.71. The zero-order chi connectivity index (χ0) is 16.2. The third-order valence-corrected chi connectivity index (χ3v) is 5.06. The molecule has 6 heteroatoms. The lowest BCUT2D eigenvalue weighted by atomic mass is 10.2. The summed E-state index contributed by atoms with van der Waals surface area (Å²) in [6.45, 7) is 6.94. The number of nitrogens with one attached hydrogen (secondary N) is 1. The predicted octanol–water partition coefficient (Wildman–Crippen LogP) is 2.78. The Balaban J connectivity index is 1.76. The molecule has 2 aromatic heterocycles. The molecule has 122 valence electrons. The van der Waals surface area contributed by atoms with Crippen LogP contribution in [0.25, 0.3) is 0 Å². The molecule has 1 aliphatic heterocycles. The van der Waals surface area contributed by atoms with E-state index in [0.29, 0.717) is 18.8 Å². The molecule has 0 bridgehead atoms. The fourth-order valence-corrected chi connectivity index (χ4v) is 3.51. The molecule has 1 amide bonds. The molecule has 0 unspecified atom stereocenters. The van der Waals surface area contributed by atoms with Gasteiger partial charge in [-0.2, -0.15) is 0 Å². The number of pyridine rings is 1. The Bertz CT molecular complexity index is 680. The number of anilines is 1. The number of hydrogen-bond donors (Lipinski definition) is 1. The molecular weight excluding hydrogens is 310 g/mol. The number of rotatable bonds is 4. The van der Waals surface area contributed by atoms with Crippen LogP contribution in [0.15, 0.2) is 30.5 Å². The van der Waals surface area contributed by atoms with Crippen LogP contribution in [0.4, 0.5) is 5.82 Å². The molecule has 0 radical (unpaired) electrons. The largest absolute Gasteiger partial charge is 0.378 e. The summed E-state index contributed by atoms with van der Waals surface area (Å²) in [5, 5.41) is 3.08. The van der Waals surface area contributed by atoms with Gasteiger partial charge in [0.2, 0.25) is 0 Å². The molecule has 3 heterocycles. The summed E-state index contributed by atoms with van der Waals surface area (Å²) < 4.78 is 5.38. The van der Waals surface area contributed by atoms with Gasteiger partial charge in [-0.1, -0.05) is 0 Å². The first-order chi connectivity index (χ1) is 11.1. The van der Waals surface area contributed by atoms with E-state index in [1.165, 1.54) is 4.88 Å². The highest BCUT2D eigenvalue weighted by Crippen LogP contribution is 2.24. The van der Waals surface area contributed by atoms with Crippen molar-refractivity contribution in [2.45, 2.75) is 19.9 Å². The lowest BCUT2D eigenvalue weighted by Gasteiger charge is -2.29. The molecular formula is C17H21N3O2S. The Hall–Kier alpha value is -1.92. The van der Waals surface area contributed by atoms with E-state index < -0.39 is 0 Å². The first-order valence-corrected chi connectivity index (χ1v) is 8.61. The first-order valence-electron chi connectivity index (χ1n) is 7.80. The van der Waals surface area contributed by atoms with Crippen molar-refractivity contribution in [2.24, 2.45) is 0 Å². The van der Waals surface area contributed by atoms with Crippen LogP contribution in [0, 0.1) is 6.92 Å². The number of nitrogens with zero attached hydrogens (tertiary/aromatic N) is 2. The Morgan fingerprint density at radius 1 is 1.35 bits per heavy atom. The number of thiophene rings is 1. The minimum absolute atomic E-state index is 0.0149. The average Bonchev–Trinajstić information content (AvgIpc) is 3.02. The summed E-state index contributed by atoms with van der Waals surface area (Å²) in [6, 6.07) is 7.76. The minimum atomic E-state index is -0.0851. The van der Waals surface area contributed by atoms with Gasteiger partial charge >= 0.3 is 0 Å². The number of amides is 1. The predicted molar refractivity (Wildman–Crippen MR) is 92.2 cm³/mol. The number of ether oxygens (including phenoxy) is 1. The van der Waals surface area contributed by atoms with Crippen LogP contribution in [0.2, 0.25) is 0 Å². The summed E-state index contributed by atoms with van der Waals surface area (Å²) in [7, 11) is 0. The second-order valence-electron chi connectivity index (χ2n) is 5.62. The highest BCUT2D eigenvalue weighted by atomic mass is 32.1. The van der Waals surface area contributed by atoms with E-state index in [4.69, 9.17) is 4.74 Å². The van der Waals surface area contributed by atoms with Gasteiger partial charge in [-0.3, -0.25) is 4.79 Å². The Morgan fingerprint density at radius 3 is 2.83 bits per heavy atom. The monoisotopic (exact) mass is 331 g/mol. The van der Waals surface area contributed by atoms with Crippen LogP contribution in [0.3, 0.4) is 0 Å². The fraction of sp³-hybridized carbons (Fsp3) is 0.412. The number of morpholine rings is 1. The smallest absolute Gasteiger partial charge is 0.255 e. The van der Waals surface area contributed by atoms with Crippen molar-refractivity contribution in [3.8, 4) is 0 Å². The summed E-state index contributed by atoms with van der Waals surface area (Å²) in [4.78, 5) is 21.6. The van der Waals surface area contributed by atoms with Gasteiger partial charge < -0.3 is 15.0 Å². The van der Waals surface area contributed by atoms with Crippen molar-refractivity contribution in [3.63, 3.8) is 0 Å². The Labute approximate surface area is 140 Å². The van der Waals surface area contributed by atoms with E-state index in [-0.39, 0.29) is 11.9 Å². The van der Waals surface area contributed by atoms with Gasteiger partial charge in [0.1, 0.15) is 5.82 Å². The van der Waals surface area contributed by atoms with Crippen LogP contribution in [0.5, 0.6) is 0 Å². The minimum Gasteiger partial charge on any atom is -0.378 e. The van der Waals surface area contributed by atoms with Crippen LogP contribution < -0.4 is 10.2 Å². The molecule has 3 rings (SSSR count). The van der Waals surface area contributed by atoms with E-state index >= 15 is 0 Å². The standard InChI is InChI=1S/C17H21N3O2S/c1-12-5-6-15(23-12)13(2)19-17(21)14-4-3-7-18-16(14)20-8-10-22-11-9-20/h3-7,13H,8-11H2,1-2H3,(H,19,21)/t13-/m1/s1. The number of carbonyl (C=O) groups excluding carboxylic acids is 1. The maximum absolute atomic E-state index is 12.7. The second-order valence-corrected chi connectivity index (χ2v) is 6.94. The molecule has 0 spiro atoms. The van der Waals surface area contributed by atoms with E-state index in [9.17, 15) is 4.79 Å². The van der Waals surface area contributed by atoms with Crippen molar-refractivity contribution >= 4 is 23.1 Å². The molecule has 23 heavy (non-hydrogen) atoms. The Kier molecular flexibility index (Phi) is 4.93. The summed E-state index contributed by atoms with van der Waals surface area (Å²) in [5.74, 6) is 0.654. The van der Waals surface area contributed by atoms with E-state index in [1.54, 1.807) is 23.6 Å². The molecule has 1 N–H and O–H groups in total. The Morgan fingerprint density at radius 2 is 2.13 bits per heavy atom. The van der Waals surface area contributed by atoms with E-state index in [1.807, 2.05) is 13.0 Å². The molecule has 1 fully saturated rings. The van der Waals surface area contributed by atoms with Gasteiger partial charge in [0.05, 0.1) is 24.8 Å². The highest BCUT2D eigenvalue weighted by molar-refractivity contribution is 7.12. The first kappa shape index (κ1) is 16.0. The van der Waals surface area contributed by atoms with Gasteiger partial charge in [0.15, 0.2) is 0 Å². The number of aryl methyl sites for hydroxylation is 1. The molecule has 1 saturated heterocycles. The number of aromatic nitrogens is 1. The molecule has 0 aromatic carbocycles. The average molecular weight is 331 g/mol. The van der Waals surface area contributed by atoms with Gasteiger partial charge in [-0.15, -0.1) is 11.3 Å². The van der Waals surface area contributed by atoms with Gasteiger partial charge in [-0.05, 0) is 38.1 Å². The van der Waals surface area contributed by atoms with Crippen molar-refractivity contribution in [2.75, 3.05) is 31.2 Å². The molecule has 0 aliphatic carbocycles. The zero-order valence-corrected chi connectivity index (χ0v) is 14.2. The highest BCUT2D eigenvalue weighted by Gasteiger charge is 2.21. The van der Waals surface area contributed by atoms with E-state index in [2.05, 4.69) is 34.3 Å². The van der Waals surface area contributed by atoms with Crippen molar-refractivity contribution in [1.29, 1.82) is 0 Å². The van der Waals surface area contributed by atoms with Crippen molar-refractivity contribution in [3.05, 3.63) is 45.8 Å². The zero-order valence-electron chi connectivity index (χ0n) is 13.4. The van der Waals surface area contributed by atoms with Crippen molar-refractivity contribution < 1.29 is 9.53 Å². The lowest BCUT2D eigenvalue weighted by molar-refractivity contribution is 0.0938. The summed E-state index contributed by atoms with van der Waals surface area (Å²) in [6.07, 6.45) is 1.73. The normalized spacial score (nSPS) is 16.2. The van der Waals surface area contributed by atoms with Gasteiger partial charge in [-0.25, -0.2) is 4.98 Å². The quantitative estimate of drug-likeness (QED) is 0.936. The van der Waals surface area contributed by atoms with Gasteiger partial charge in [0, 0.05) is 29.0 Å². The lowest BCUT2D eigenvalue weighted by Crippen LogP contribution is -2.38. The van der Waals surface area contributed by atoms with Crippen LogP contribution in [-0.4, -0.2) is 37.2 Å². The maximum Gasteiger partial charge on any atom is 0.255 e. The van der Waals surface area contributed by atoms with Crippen LogP contribution in [0.1, 0.15) is 33.1 Å². The molecule has 0 saturated carbocycles. The third-order valence-electron chi connectivity index (χ3n) is 3.88. The maximum atomic E-state index is 12.7. The second kappa shape index (κ2) is 7.10. The summed E-state index contributed by atoms with van der Waals surface area (Å²) >= 11 is 1.71. The SMILES string of the molecule is Cc1ccc([C@@H](C)NC(=O)c2cccnc2N2CCOCC2)s1. The summed E-state index contributed by atoms with van der Waals surface area (Å²) in [5.41, 5.74) is 0.620. The van der Waals surface area contributed by atoms with Gasteiger partial charge in [0.25, 0.3) is 5.91 Å². The molecule has 1 atom stereocenters. The topological polar surface area (TPSA) is 54.5 Å². The van der Waals surface area contributed by atoms with Crippen molar-refractivity contribution in [1.82, 2.24) is 10.3 Å². The molecule has 1 aliphatic rings. The molecule has 5 nitrogen and oxygen atoms in total. The van der Waals surface area contributed by atoms with Crippen LogP contribution in [-0.2, 0) is 4.74 Å². The number of hydrogen-bond acceptors (Lipinski definition) is 5. The molecule has 2 aromatic rings. The van der Waals surface area contributed by atoms with E-state index in [0.717, 1.165) is 23.8 Å². The number of carbonyl (C=O) groups is 1. The van der Waals surface area contributed by atoms with Crippen LogP contribution >= 0.6 is 11.3 Å². The fourth-order valence-electron chi connectivity index (χ4n) is 2.63.